The van der Waals surface area contributed by atoms with Crippen molar-refractivity contribution in [3.63, 3.8) is 0 Å². The first kappa shape index (κ1) is 30.8. The predicted molar refractivity (Wildman–Crippen MR) is 161 cm³/mol. The molecular formula is C35H43F3N2O. The van der Waals surface area contributed by atoms with Gasteiger partial charge in [0.1, 0.15) is 0 Å². The average molecular weight is 565 g/mol. The van der Waals surface area contributed by atoms with Gasteiger partial charge in [-0.1, -0.05) is 118 Å². The second kappa shape index (κ2) is 15.8. The van der Waals surface area contributed by atoms with Crippen molar-refractivity contribution in [3.8, 4) is 11.1 Å². The van der Waals surface area contributed by atoms with Gasteiger partial charge in [0.25, 0.3) is 5.91 Å². The molecule has 0 aromatic heterocycles. The summed E-state index contributed by atoms with van der Waals surface area (Å²) in [6.07, 6.45) is 5.51. The molecule has 1 aliphatic heterocycles. The number of alkyl halides is 3. The number of unbranched alkanes of at least 4 members (excludes halogenated alkanes) is 7. The Balaban J connectivity index is 1.19. The molecule has 6 heteroatoms. The highest BCUT2D eigenvalue weighted by Crippen LogP contribution is 2.39. The lowest BCUT2D eigenvalue weighted by Crippen LogP contribution is -2.28. The third kappa shape index (κ3) is 9.46. The summed E-state index contributed by atoms with van der Waals surface area (Å²) < 4.78 is 36.5. The molecule has 3 aromatic carbocycles. The number of nitrogens with one attached hydrogen (secondary N) is 1. The topological polar surface area (TPSA) is 32.3 Å². The number of benzene rings is 3. The van der Waals surface area contributed by atoms with Crippen molar-refractivity contribution in [2.24, 2.45) is 0 Å². The molecular weight excluding hydrogens is 521 g/mol. The minimum atomic E-state index is -4.05. The van der Waals surface area contributed by atoms with Crippen LogP contribution in [-0.4, -0.2) is 30.1 Å². The molecule has 0 radical (unpaired) electrons. The van der Waals surface area contributed by atoms with E-state index < -0.39 is 12.6 Å². The van der Waals surface area contributed by atoms with E-state index in [1.807, 2.05) is 24.3 Å². The molecule has 41 heavy (non-hydrogen) atoms. The lowest BCUT2D eigenvalue weighted by molar-refractivity contribution is -0.135. The van der Waals surface area contributed by atoms with Crippen LogP contribution in [0.5, 0.6) is 0 Å². The number of hydrogen-bond donors (Lipinski definition) is 1. The summed E-state index contributed by atoms with van der Waals surface area (Å²) in [5.74, 6) is 0.128. The third-order valence-corrected chi connectivity index (χ3v) is 8.03. The SMILES string of the molecule is O=C1c2ccccc2C(CCCCCCCCCCNCCCC(F)(F)F)N1Cc1ccccc1-c1ccccc1. The zero-order valence-corrected chi connectivity index (χ0v) is 24.0. The summed E-state index contributed by atoms with van der Waals surface area (Å²) >= 11 is 0. The third-order valence-electron chi connectivity index (χ3n) is 8.03. The molecule has 0 bridgehead atoms. The number of fused-ring (bicyclic) bond motifs is 1. The number of amides is 1. The van der Waals surface area contributed by atoms with Crippen LogP contribution in [0.3, 0.4) is 0 Å². The van der Waals surface area contributed by atoms with Crippen LogP contribution in [0, 0.1) is 0 Å². The maximum Gasteiger partial charge on any atom is 0.389 e. The second-order valence-corrected chi connectivity index (χ2v) is 11.1. The first-order valence-corrected chi connectivity index (χ1v) is 15.2. The van der Waals surface area contributed by atoms with Crippen LogP contribution < -0.4 is 5.32 Å². The summed E-state index contributed by atoms with van der Waals surface area (Å²) in [6.45, 7) is 1.83. The Morgan fingerprint density at radius 2 is 1.24 bits per heavy atom. The molecule has 0 aliphatic carbocycles. The number of nitrogens with zero attached hydrogens (tertiary/aromatic N) is 1. The molecule has 0 spiro atoms. The van der Waals surface area contributed by atoms with Crippen molar-refractivity contribution in [2.75, 3.05) is 13.1 Å². The quantitative estimate of drug-likeness (QED) is 0.166. The number of carbonyl (C=O) groups is 1. The van der Waals surface area contributed by atoms with Gasteiger partial charge in [-0.05, 0) is 60.7 Å². The summed E-state index contributed by atoms with van der Waals surface area (Å²) in [7, 11) is 0. The molecule has 3 nitrogen and oxygen atoms in total. The summed E-state index contributed by atoms with van der Waals surface area (Å²) in [5.41, 5.74) is 5.50. The molecule has 1 unspecified atom stereocenters. The van der Waals surface area contributed by atoms with E-state index in [4.69, 9.17) is 0 Å². The van der Waals surface area contributed by atoms with Crippen LogP contribution in [0.15, 0.2) is 78.9 Å². The fraction of sp³-hybridized carbons (Fsp3) is 0.457. The molecule has 1 aliphatic rings. The van der Waals surface area contributed by atoms with E-state index in [9.17, 15) is 18.0 Å². The Hall–Kier alpha value is -3.12. The number of halogens is 3. The second-order valence-electron chi connectivity index (χ2n) is 11.1. The van der Waals surface area contributed by atoms with E-state index in [0.29, 0.717) is 13.1 Å². The molecule has 1 amide bonds. The minimum absolute atomic E-state index is 0.103. The van der Waals surface area contributed by atoms with E-state index in [2.05, 4.69) is 64.8 Å². The van der Waals surface area contributed by atoms with E-state index in [1.54, 1.807) is 0 Å². The van der Waals surface area contributed by atoms with E-state index >= 15 is 0 Å². The summed E-state index contributed by atoms with van der Waals surface area (Å²) in [5, 5.41) is 3.12. The van der Waals surface area contributed by atoms with Crippen molar-refractivity contribution in [1.82, 2.24) is 10.2 Å². The minimum Gasteiger partial charge on any atom is -0.327 e. The van der Waals surface area contributed by atoms with Crippen molar-refractivity contribution in [2.45, 2.75) is 89.4 Å². The van der Waals surface area contributed by atoms with Gasteiger partial charge in [-0.25, -0.2) is 0 Å². The number of rotatable bonds is 17. The molecule has 4 rings (SSSR count). The van der Waals surface area contributed by atoms with Gasteiger partial charge in [0.05, 0.1) is 6.04 Å². The Kier molecular flexibility index (Phi) is 11.9. The van der Waals surface area contributed by atoms with E-state index in [0.717, 1.165) is 49.8 Å². The maximum absolute atomic E-state index is 13.5. The predicted octanol–water partition coefficient (Wildman–Crippen LogP) is 9.49. The highest BCUT2D eigenvalue weighted by Gasteiger charge is 2.36. The first-order valence-electron chi connectivity index (χ1n) is 15.2. The largest absolute Gasteiger partial charge is 0.389 e. The normalized spacial score (nSPS) is 15.0. The van der Waals surface area contributed by atoms with Gasteiger partial charge in [-0.15, -0.1) is 0 Å². The smallest absolute Gasteiger partial charge is 0.327 e. The molecule has 220 valence electrons. The fourth-order valence-electron chi connectivity index (χ4n) is 5.87. The van der Waals surface area contributed by atoms with Gasteiger partial charge < -0.3 is 10.2 Å². The average Bonchev–Trinajstić information content (AvgIpc) is 3.23. The molecule has 0 fully saturated rings. The van der Waals surface area contributed by atoms with Gasteiger partial charge in [0, 0.05) is 18.5 Å². The van der Waals surface area contributed by atoms with Gasteiger partial charge in [0.2, 0.25) is 0 Å². The first-order chi connectivity index (χ1) is 19.9. The fourth-order valence-corrected chi connectivity index (χ4v) is 5.87. The molecule has 1 heterocycles. The molecule has 0 saturated carbocycles. The summed E-state index contributed by atoms with van der Waals surface area (Å²) in [6, 6.07) is 26.9. The van der Waals surface area contributed by atoms with Crippen molar-refractivity contribution in [3.05, 3.63) is 95.6 Å². The highest BCUT2D eigenvalue weighted by atomic mass is 19.4. The van der Waals surface area contributed by atoms with Gasteiger partial charge in [-0.2, -0.15) is 13.2 Å². The van der Waals surface area contributed by atoms with E-state index in [1.165, 1.54) is 42.4 Å². The zero-order chi connectivity index (χ0) is 28.9. The Morgan fingerprint density at radius 1 is 0.659 bits per heavy atom. The Labute approximate surface area is 243 Å². The maximum atomic E-state index is 13.5. The van der Waals surface area contributed by atoms with Crippen molar-refractivity contribution >= 4 is 5.91 Å². The lowest BCUT2D eigenvalue weighted by atomic mass is 9.97. The van der Waals surface area contributed by atoms with Crippen LogP contribution >= 0.6 is 0 Å². The van der Waals surface area contributed by atoms with Crippen LogP contribution in [-0.2, 0) is 6.54 Å². The Morgan fingerprint density at radius 3 is 1.98 bits per heavy atom. The monoisotopic (exact) mass is 564 g/mol. The number of carbonyl (C=O) groups excluding carboxylic acids is 1. The number of hydrogen-bond acceptors (Lipinski definition) is 2. The molecule has 1 atom stereocenters. The van der Waals surface area contributed by atoms with Gasteiger partial charge in [-0.3, -0.25) is 4.79 Å². The van der Waals surface area contributed by atoms with Crippen LogP contribution in [0.25, 0.3) is 11.1 Å². The molecule has 0 saturated heterocycles. The van der Waals surface area contributed by atoms with Gasteiger partial charge >= 0.3 is 6.18 Å². The molecule has 3 aromatic rings. The summed E-state index contributed by atoms with van der Waals surface area (Å²) in [4.78, 5) is 15.6. The van der Waals surface area contributed by atoms with Crippen LogP contribution in [0.1, 0.15) is 98.2 Å². The van der Waals surface area contributed by atoms with Crippen molar-refractivity contribution in [1.29, 1.82) is 0 Å². The standard InChI is InChI=1S/C35H43F3N2O/c36-35(37,38)24-16-26-39-25-15-6-4-2-1-3-5-10-23-33-31-21-13-14-22-32(31)34(41)40(33)27-29-19-11-12-20-30(29)28-17-8-7-9-18-28/h7-9,11-14,17-22,33,39H,1-6,10,15-16,23-27H2. The van der Waals surface area contributed by atoms with Crippen molar-refractivity contribution < 1.29 is 18.0 Å². The van der Waals surface area contributed by atoms with Crippen LogP contribution in [0.4, 0.5) is 13.2 Å². The van der Waals surface area contributed by atoms with Gasteiger partial charge in [0.15, 0.2) is 0 Å². The Bertz CT molecular complexity index is 1210. The molecule has 1 N–H and O–H groups in total. The van der Waals surface area contributed by atoms with E-state index in [-0.39, 0.29) is 18.4 Å². The zero-order valence-electron chi connectivity index (χ0n) is 24.0. The lowest BCUT2D eigenvalue weighted by Gasteiger charge is -2.27. The van der Waals surface area contributed by atoms with Crippen LogP contribution in [0.2, 0.25) is 0 Å². The highest BCUT2D eigenvalue weighted by molar-refractivity contribution is 5.99.